The van der Waals surface area contributed by atoms with Crippen LogP contribution in [0.3, 0.4) is 0 Å². The molecule has 1 atom stereocenters. The number of sulfonamides is 1. The predicted molar refractivity (Wildman–Crippen MR) is 135 cm³/mol. The van der Waals surface area contributed by atoms with Crippen molar-refractivity contribution in [3.8, 4) is 5.75 Å². The molecular formula is C26H33N3O6S. The van der Waals surface area contributed by atoms with Gasteiger partial charge in [-0.2, -0.15) is 0 Å². The Balaban J connectivity index is 1.73. The number of hydrogen-bond donors (Lipinski definition) is 1. The van der Waals surface area contributed by atoms with Crippen molar-refractivity contribution in [2.45, 2.75) is 57.0 Å². The highest BCUT2D eigenvalue weighted by Crippen LogP contribution is 2.30. The molecular weight excluding hydrogens is 482 g/mol. The molecule has 0 radical (unpaired) electrons. The van der Waals surface area contributed by atoms with Crippen molar-refractivity contribution < 1.29 is 27.5 Å². The van der Waals surface area contributed by atoms with Crippen molar-refractivity contribution in [3.63, 3.8) is 0 Å². The number of carbonyl (C=O) groups is 3. The van der Waals surface area contributed by atoms with E-state index in [9.17, 15) is 22.8 Å². The third-order valence-electron chi connectivity index (χ3n) is 6.11. The number of benzene rings is 2. The molecule has 194 valence electrons. The average Bonchev–Trinajstić information content (AvgIpc) is 3.08. The third-order valence-corrected chi connectivity index (χ3v) is 7.95. The second-order valence-corrected chi connectivity index (χ2v) is 10.4. The summed E-state index contributed by atoms with van der Waals surface area (Å²) in [6.45, 7) is 4.41. The van der Waals surface area contributed by atoms with Crippen molar-refractivity contribution in [2.24, 2.45) is 0 Å². The lowest BCUT2D eigenvalue weighted by molar-refractivity contribution is -0.141. The van der Waals surface area contributed by atoms with Gasteiger partial charge in [0, 0.05) is 26.1 Å². The van der Waals surface area contributed by atoms with E-state index in [0.29, 0.717) is 18.7 Å². The molecule has 0 saturated heterocycles. The first-order chi connectivity index (χ1) is 17.2. The molecule has 1 aliphatic heterocycles. The van der Waals surface area contributed by atoms with Crippen LogP contribution in [0.15, 0.2) is 53.4 Å². The molecule has 1 aliphatic rings. The van der Waals surface area contributed by atoms with Crippen LogP contribution < -0.4 is 10.1 Å². The summed E-state index contributed by atoms with van der Waals surface area (Å²) < 4.78 is 31.6. The van der Waals surface area contributed by atoms with Gasteiger partial charge in [-0.3, -0.25) is 14.4 Å². The zero-order valence-electron chi connectivity index (χ0n) is 20.9. The summed E-state index contributed by atoms with van der Waals surface area (Å²) >= 11 is 0. The lowest BCUT2D eigenvalue weighted by Gasteiger charge is -2.31. The second-order valence-electron chi connectivity index (χ2n) is 8.57. The largest absolute Gasteiger partial charge is 0.497 e. The van der Waals surface area contributed by atoms with Crippen LogP contribution in [-0.2, 0) is 26.2 Å². The van der Waals surface area contributed by atoms with E-state index in [1.54, 1.807) is 31.4 Å². The summed E-state index contributed by atoms with van der Waals surface area (Å²) in [6.07, 6.45) is 1.33. The number of nitrogens with one attached hydrogen (secondary N) is 1. The molecule has 1 N–H and O–H groups in total. The van der Waals surface area contributed by atoms with E-state index in [-0.39, 0.29) is 48.2 Å². The van der Waals surface area contributed by atoms with Crippen LogP contribution in [0.1, 0.15) is 55.5 Å². The minimum absolute atomic E-state index is 0.0106. The maximum Gasteiger partial charge on any atom is 0.269 e. The van der Waals surface area contributed by atoms with Gasteiger partial charge in [-0.15, -0.1) is 0 Å². The zero-order valence-corrected chi connectivity index (χ0v) is 21.7. The maximum atomic E-state index is 13.4. The van der Waals surface area contributed by atoms with Crippen molar-refractivity contribution in [3.05, 3.63) is 59.7 Å². The fourth-order valence-electron chi connectivity index (χ4n) is 4.18. The molecule has 36 heavy (non-hydrogen) atoms. The third kappa shape index (κ3) is 5.87. The Kier molecular flexibility index (Phi) is 9.08. The topological polar surface area (TPSA) is 113 Å². The first kappa shape index (κ1) is 27.2. The Morgan fingerprint density at radius 2 is 1.78 bits per heavy atom. The number of ether oxygens (including phenoxy) is 1. The fourth-order valence-corrected chi connectivity index (χ4v) is 5.79. The lowest BCUT2D eigenvalue weighted by Crippen LogP contribution is -2.49. The highest BCUT2D eigenvalue weighted by atomic mass is 32.2. The van der Waals surface area contributed by atoms with Crippen LogP contribution in [0.5, 0.6) is 5.75 Å². The van der Waals surface area contributed by atoms with Gasteiger partial charge in [0.15, 0.2) is 0 Å². The molecule has 3 rings (SSSR count). The summed E-state index contributed by atoms with van der Waals surface area (Å²) in [5.74, 6) is -0.416. The zero-order chi connectivity index (χ0) is 26.3. The van der Waals surface area contributed by atoms with E-state index in [1.165, 1.54) is 17.0 Å². The molecule has 2 aromatic carbocycles. The molecule has 0 saturated carbocycles. The summed E-state index contributed by atoms with van der Waals surface area (Å²) in [4.78, 5) is 40.4. The number of amides is 3. The maximum absolute atomic E-state index is 13.4. The van der Waals surface area contributed by atoms with E-state index in [0.717, 1.165) is 16.3 Å². The van der Waals surface area contributed by atoms with E-state index in [4.69, 9.17) is 4.74 Å². The first-order valence-electron chi connectivity index (χ1n) is 12.1. The number of methoxy groups -OCH3 is 1. The number of rotatable bonds is 12. The van der Waals surface area contributed by atoms with Gasteiger partial charge in [0.25, 0.3) is 15.9 Å². The molecule has 0 aliphatic carbocycles. The van der Waals surface area contributed by atoms with Gasteiger partial charge in [-0.05, 0) is 49.1 Å². The van der Waals surface area contributed by atoms with Gasteiger partial charge in [0.2, 0.25) is 11.8 Å². The quantitative estimate of drug-likeness (QED) is 0.465. The molecule has 0 bridgehead atoms. The standard InChI is InChI=1S/C26H33N3O6S/c1-4-16-27-25(31)22(5-2)28(18-19-12-14-20(35-3)15-13-19)24(30)11-8-17-29-26(32)21-9-6-7-10-23(21)36(29,33)34/h6-7,9-10,12-15,22H,4-5,8,11,16-18H2,1-3H3,(H,27,31)/t22-/m0/s1. The van der Waals surface area contributed by atoms with Crippen molar-refractivity contribution in [1.29, 1.82) is 0 Å². The van der Waals surface area contributed by atoms with Gasteiger partial charge >= 0.3 is 0 Å². The number of hydrogen-bond acceptors (Lipinski definition) is 6. The lowest BCUT2D eigenvalue weighted by atomic mass is 10.1. The van der Waals surface area contributed by atoms with Crippen molar-refractivity contribution >= 4 is 27.7 Å². The van der Waals surface area contributed by atoms with Crippen LogP contribution in [0.4, 0.5) is 0 Å². The van der Waals surface area contributed by atoms with Crippen molar-refractivity contribution in [1.82, 2.24) is 14.5 Å². The smallest absolute Gasteiger partial charge is 0.269 e. The summed E-state index contributed by atoms with van der Waals surface area (Å²) in [5, 5.41) is 2.87. The number of fused-ring (bicyclic) bond motifs is 1. The molecule has 2 aromatic rings. The first-order valence-corrected chi connectivity index (χ1v) is 13.5. The SMILES string of the molecule is CCCNC(=O)[C@H](CC)N(Cc1ccc(OC)cc1)C(=O)CCCN1C(=O)c2ccccc2S1(=O)=O. The van der Waals surface area contributed by atoms with E-state index < -0.39 is 22.0 Å². The van der Waals surface area contributed by atoms with Crippen LogP contribution in [-0.4, -0.2) is 61.6 Å². The van der Waals surface area contributed by atoms with Crippen LogP contribution in [0.25, 0.3) is 0 Å². The van der Waals surface area contributed by atoms with E-state index in [1.807, 2.05) is 26.0 Å². The molecule has 9 nitrogen and oxygen atoms in total. The summed E-state index contributed by atoms with van der Waals surface area (Å²) in [7, 11) is -2.36. The van der Waals surface area contributed by atoms with E-state index >= 15 is 0 Å². The normalized spacial score (nSPS) is 14.8. The molecule has 0 spiro atoms. The highest BCUT2D eigenvalue weighted by Gasteiger charge is 2.40. The molecule has 10 heteroatoms. The minimum Gasteiger partial charge on any atom is -0.497 e. The Morgan fingerprint density at radius 3 is 2.39 bits per heavy atom. The molecule has 0 fully saturated rings. The molecule has 0 unspecified atom stereocenters. The number of nitrogens with zero attached hydrogens (tertiary/aromatic N) is 2. The van der Waals surface area contributed by atoms with Crippen LogP contribution in [0, 0.1) is 0 Å². The highest BCUT2D eigenvalue weighted by molar-refractivity contribution is 7.90. The van der Waals surface area contributed by atoms with E-state index in [2.05, 4.69) is 5.32 Å². The number of carbonyl (C=O) groups excluding carboxylic acids is 3. The second kappa shape index (κ2) is 12.0. The molecule has 0 aromatic heterocycles. The molecule has 1 heterocycles. The van der Waals surface area contributed by atoms with Crippen LogP contribution >= 0.6 is 0 Å². The Labute approximate surface area is 212 Å². The molecule has 3 amide bonds. The van der Waals surface area contributed by atoms with Crippen LogP contribution in [0.2, 0.25) is 0 Å². The summed E-state index contributed by atoms with van der Waals surface area (Å²) in [6, 6.07) is 12.7. The van der Waals surface area contributed by atoms with Gasteiger partial charge in [0.1, 0.15) is 16.7 Å². The Hall–Kier alpha value is -3.40. The average molecular weight is 516 g/mol. The predicted octanol–water partition coefficient (Wildman–Crippen LogP) is 2.95. The Bertz CT molecular complexity index is 1200. The van der Waals surface area contributed by atoms with Crippen molar-refractivity contribution in [2.75, 3.05) is 20.2 Å². The monoisotopic (exact) mass is 515 g/mol. The Morgan fingerprint density at radius 1 is 1.08 bits per heavy atom. The summed E-state index contributed by atoms with van der Waals surface area (Å²) in [5.41, 5.74) is 0.974. The fraction of sp³-hybridized carbons (Fsp3) is 0.423. The van der Waals surface area contributed by atoms with Gasteiger partial charge in [-0.1, -0.05) is 38.1 Å². The minimum atomic E-state index is -3.93. The van der Waals surface area contributed by atoms with Gasteiger partial charge < -0.3 is 15.0 Å². The van der Waals surface area contributed by atoms with Gasteiger partial charge in [-0.25, -0.2) is 12.7 Å². The van der Waals surface area contributed by atoms with Gasteiger partial charge in [0.05, 0.1) is 12.7 Å².